The van der Waals surface area contributed by atoms with E-state index in [0.29, 0.717) is 5.54 Å². The molecule has 0 aromatic heterocycles. The van der Waals surface area contributed by atoms with Crippen LogP contribution in [-0.4, -0.2) is 11.6 Å². The largest absolute Gasteiger partial charge is 0.308 e. The molecule has 0 spiro atoms. The molecule has 0 amide bonds. The highest BCUT2D eigenvalue weighted by Crippen LogP contribution is 2.48. The van der Waals surface area contributed by atoms with Gasteiger partial charge in [-0.2, -0.15) is 0 Å². The van der Waals surface area contributed by atoms with Crippen molar-refractivity contribution in [2.75, 3.05) is 0 Å². The normalized spacial score (nSPS) is 41.9. The highest BCUT2D eigenvalue weighted by molar-refractivity contribution is 5.34. The smallest absolute Gasteiger partial charge is 0.0227 e. The molecular formula is C17H23N. The van der Waals surface area contributed by atoms with Crippen LogP contribution in [-0.2, 0) is 12.8 Å². The molecule has 1 saturated carbocycles. The summed E-state index contributed by atoms with van der Waals surface area (Å²) in [6.45, 7) is 2.48. The molecule has 4 rings (SSSR count). The van der Waals surface area contributed by atoms with Gasteiger partial charge < -0.3 is 5.32 Å². The minimum atomic E-state index is 0.363. The summed E-state index contributed by atoms with van der Waals surface area (Å²) in [6.07, 6.45) is 8.31. The van der Waals surface area contributed by atoms with Gasteiger partial charge in [-0.05, 0) is 55.6 Å². The van der Waals surface area contributed by atoms with E-state index in [-0.39, 0.29) is 0 Å². The Hall–Kier alpha value is -0.820. The molecule has 1 saturated heterocycles. The lowest BCUT2D eigenvalue weighted by Gasteiger charge is -2.37. The third-order valence-corrected chi connectivity index (χ3v) is 5.79. The zero-order chi connectivity index (χ0) is 12.2. The van der Waals surface area contributed by atoms with Crippen molar-refractivity contribution in [2.45, 2.75) is 57.0 Å². The lowest BCUT2D eigenvalue weighted by Crippen LogP contribution is -2.45. The van der Waals surface area contributed by atoms with E-state index in [9.17, 15) is 0 Å². The van der Waals surface area contributed by atoms with Crippen LogP contribution in [0.3, 0.4) is 0 Å². The van der Waals surface area contributed by atoms with Crippen LogP contribution in [0.1, 0.15) is 43.7 Å². The summed E-state index contributed by atoms with van der Waals surface area (Å²) in [5.74, 6) is 1.86. The molecule has 1 N–H and O–H groups in total. The zero-order valence-corrected chi connectivity index (χ0v) is 11.3. The number of hydrogen-bond acceptors (Lipinski definition) is 1. The second kappa shape index (κ2) is 3.84. The summed E-state index contributed by atoms with van der Waals surface area (Å²) in [5.41, 5.74) is 3.56. The first kappa shape index (κ1) is 11.0. The third kappa shape index (κ3) is 1.50. The van der Waals surface area contributed by atoms with Gasteiger partial charge in [-0.25, -0.2) is 0 Å². The van der Waals surface area contributed by atoms with Crippen molar-refractivity contribution >= 4 is 0 Å². The van der Waals surface area contributed by atoms with Crippen molar-refractivity contribution < 1.29 is 0 Å². The number of nitrogens with one attached hydrogen (secondary N) is 1. The first-order chi connectivity index (χ1) is 8.76. The van der Waals surface area contributed by atoms with Crippen molar-refractivity contribution in [2.24, 2.45) is 11.8 Å². The monoisotopic (exact) mass is 241 g/mol. The van der Waals surface area contributed by atoms with Gasteiger partial charge in [-0.15, -0.1) is 0 Å². The Morgan fingerprint density at radius 3 is 2.78 bits per heavy atom. The molecule has 18 heavy (non-hydrogen) atoms. The topological polar surface area (TPSA) is 12.0 Å². The average molecular weight is 241 g/mol. The van der Waals surface area contributed by atoms with E-state index in [2.05, 4.69) is 36.5 Å². The lowest BCUT2D eigenvalue weighted by molar-refractivity contribution is 0.194. The maximum absolute atomic E-state index is 4.02. The van der Waals surface area contributed by atoms with Crippen molar-refractivity contribution in [1.82, 2.24) is 5.32 Å². The molecular weight excluding hydrogens is 218 g/mol. The van der Waals surface area contributed by atoms with Gasteiger partial charge in [0.15, 0.2) is 0 Å². The quantitative estimate of drug-likeness (QED) is 0.734. The number of hydrogen-bond donors (Lipinski definition) is 1. The van der Waals surface area contributed by atoms with Gasteiger partial charge >= 0.3 is 0 Å². The molecule has 1 aromatic rings. The van der Waals surface area contributed by atoms with Gasteiger partial charge in [0.1, 0.15) is 0 Å². The van der Waals surface area contributed by atoms with Crippen LogP contribution in [0.5, 0.6) is 0 Å². The molecule has 2 heterocycles. The fourth-order valence-corrected chi connectivity index (χ4v) is 5.02. The number of fused-ring (bicyclic) bond motifs is 6. The zero-order valence-electron chi connectivity index (χ0n) is 11.3. The molecule has 0 radical (unpaired) electrons. The third-order valence-electron chi connectivity index (χ3n) is 5.79. The molecule has 1 aromatic carbocycles. The van der Waals surface area contributed by atoms with E-state index >= 15 is 0 Å². The maximum atomic E-state index is 4.02. The van der Waals surface area contributed by atoms with Crippen LogP contribution in [0, 0.1) is 11.8 Å². The molecule has 1 aliphatic carbocycles. The highest BCUT2D eigenvalue weighted by Gasteiger charge is 2.51. The summed E-state index contributed by atoms with van der Waals surface area (Å²) in [7, 11) is 0. The summed E-state index contributed by atoms with van der Waals surface area (Å²) < 4.78 is 0. The van der Waals surface area contributed by atoms with Gasteiger partial charge in [0.25, 0.3) is 0 Å². The van der Waals surface area contributed by atoms with Crippen LogP contribution < -0.4 is 5.32 Å². The Balaban J connectivity index is 1.77. The van der Waals surface area contributed by atoms with Crippen molar-refractivity contribution in [3.8, 4) is 0 Å². The Bertz CT molecular complexity index is 466. The van der Waals surface area contributed by atoms with Crippen molar-refractivity contribution in [3.05, 3.63) is 35.4 Å². The molecule has 4 unspecified atom stereocenters. The average Bonchev–Trinajstić information content (AvgIpc) is 2.56. The highest BCUT2D eigenvalue weighted by atomic mass is 15.1. The summed E-state index contributed by atoms with van der Waals surface area (Å²) >= 11 is 0. The predicted molar refractivity (Wildman–Crippen MR) is 74.6 cm³/mol. The maximum Gasteiger partial charge on any atom is 0.0227 e. The molecule has 2 bridgehead atoms. The molecule has 1 heteroatoms. The van der Waals surface area contributed by atoms with E-state index in [1.165, 1.54) is 38.5 Å². The van der Waals surface area contributed by atoms with Crippen molar-refractivity contribution in [1.29, 1.82) is 0 Å². The van der Waals surface area contributed by atoms with E-state index in [1.807, 2.05) is 0 Å². The van der Waals surface area contributed by atoms with E-state index in [0.717, 1.165) is 17.9 Å². The molecule has 3 aliphatic rings. The second-order valence-electron chi connectivity index (χ2n) is 6.87. The van der Waals surface area contributed by atoms with Crippen molar-refractivity contribution in [3.63, 3.8) is 0 Å². The minimum Gasteiger partial charge on any atom is -0.308 e. The molecule has 4 atom stereocenters. The van der Waals surface area contributed by atoms with Crippen LogP contribution in [0.4, 0.5) is 0 Å². The fraction of sp³-hybridized carbons (Fsp3) is 0.647. The Morgan fingerprint density at radius 2 is 1.89 bits per heavy atom. The minimum absolute atomic E-state index is 0.363. The van der Waals surface area contributed by atoms with E-state index in [4.69, 9.17) is 0 Å². The van der Waals surface area contributed by atoms with Crippen LogP contribution >= 0.6 is 0 Å². The SMILES string of the molecule is CC12Cc3ccccc3CC(N1)C1CCCCC12. The standard InChI is InChI=1S/C17H23N/c1-17-11-13-7-3-2-6-12(13)10-16(18-17)14-8-4-5-9-15(14)17/h2-3,6-7,14-16,18H,4-5,8-11H2,1H3. The van der Waals surface area contributed by atoms with Gasteiger partial charge in [-0.1, -0.05) is 37.1 Å². The van der Waals surface area contributed by atoms with Crippen LogP contribution in [0.15, 0.2) is 24.3 Å². The van der Waals surface area contributed by atoms with Crippen LogP contribution in [0.25, 0.3) is 0 Å². The summed E-state index contributed by atoms with van der Waals surface area (Å²) in [5, 5.41) is 4.02. The van der Waals surface area contributed by atoms with Gasteiger partial charge in [0, 0.05) is 11.6 Å². The molecule has 2 fully saturated rings. The summed E-state index contributed by atoms with van der Waals surface area (Å²) in [6, 6.07) is 9.85. The van der Waals surface area contributed by atoms with Gasteiger partial charge in [-0.3, -0.25) is 0 Å². The number of rotatable bonds is 0. The molecule has 2 aliphatic heterocycles. The van der Waals surface area contributed by atoms with Gasteiger partial charge in [0.05, 0.1) is 0 Å². The fourth-order valence-electron chi connectivity index (χ4n) is 5.02. The molecule has 1 nitrogen and oxygen atoms in total. The number of benzene rings is 1. The summed E-state index contributed by atoms with van der Waals surface area (Å²) in [4.78, 5) is 0. The first-order valence-corrected chi connectivity index (χ1v) is 7.61. The molecule has 96 valence electrons. The van der Waals surface area contributed by atoms with Crippen LogP contribution in [0.2, 0.25) is 0 Å². The second-order valence-corrected chi connectivity index (χ2v) is 6.87. The predicted octanol–water partition coefficient (Wildman–Crippen LogP) is 3.32. The first-order valence-electron chi connectivity index (χ1n) is 7.61. The van der Waals surface area contributed by atoms with Gasteiger partial charge in [0.2, 0.25) is 0 Å². The van der Waals surface area contributed by atoms with E-state index in [1.54, 1.807) is 11.1 Å². The Labute approximate surface area is 110 Å². The Kier molecular flexibility index (Phi) is 2.35. The van der Waals surface area contributed by atoms with E-state index < -0.39 is 0 Å². The Morgan fingerprint density at radius 1 is 1.11 bits per heavy atom. The lowest BCUT2D eigenvalue weighted by atomic mass is 9.67.